The zero-order valence-electron chi connectivity index (χ0n) is 10.5. The van der Waals surface area contributed by atoms with E-state index >= 15 is 0 Å². The SMILES string of the molecule is CC(C)N(B1CCCN(C)C1)C(C)C. The molecule has 3 heteroatoms. The first-order chi connectivity index (χ1) is 6.52. The molecule has 1 rings (SSSR count). The van der Waals surface area contributed by atoms with Crippen molar-refractivity contribution in [1.29, 1.82) is 0 Å². The summed E-state index contributed by atoms with van der Waals surface area (Å²) >= 11 is 0. The maximum Gasteiger partial charge on any atom is 0.238 e. The van der Waals surface area contributed by atoms with Gasteiger partial charge in [-0.25, -0.2) is 0 Å². The summed E-state index contributed by atoms with van der Waals surface area (Å²) < 4.78 is 0. The van der Waals surface area contributed by atoms with Gasteiger partial charge in [-0.1, -0.05) is 34.0 Å². The van der Waals surface area contributed by atoms with Crippen LogP contribution < -0.4 is 0 Å². The Labute approximate surface area is 89.7 Å². The standard InChI is InChI=1S/C11H25BN2/c1-10(2)14(11(3)4)12-7-6-8-13(5)9-12/h10-11H,6-9H2,1-5H3. The highest BCUT2D eigenvalue weighted by Gasteiger charge is 2.30. The van der Waals surface area contributed by atoms with E-state index in [1.807, 2.05) is 0 Å². The van der Waals surface area contributed by atoms with Gasteiger partial charge in [0.15, 0.2) is 0 Å². The third-order valence-corrected chi connectivity index (χ3v) is 3.21. The van der Waals surface area contributed by atoms with Crippen molar-refractivity contribution in [3.63, 3.8) is 0 Å². The maximum absolute atomic E-state index is 2.66. The van der Waals surface area contributed by atoms with Crippen LogP contribution in [-0.4, -0.2) is 48.7 Å². The zero-order chi connectivity index (χ0) is 10.7. The second-order valence-electron chi connectivity index (χ2n) is 5.19. The van der Waals surface area contributed by atoms with Crippen molar-refractivity contribution in [2.24, 2.45) is 0 Å². The predicted molar refractivity (Wildman–Crippen MR) is 64.8 cm³/mol. The molecular weight excluding hydrogens is 171 g/mol. The van der Waals surface area contributed by atoms with E-state index in [2.05, 4.69) is 44.5 Å². The van der Waals surface area contributed by atoms with Crippen molar-refractivity contribution in [1.82, 2.24) is 9.71 Å². The third-order valence-electron chi connectivity index (χ3n) is 3.21. The molecule has 0 aromatic carbocycles. The summed E-state index contributed by atoms with van der Waals surface area (Å²) in [5.74, 6) is 0. The molecule has 0 N–H and O–H groups in total. The molecule has 82 valence electrons. The molecule has 1 heterocycles. The van der Waals surface area contributed by atoms with E-state index in [0.717, 1.165) is 6.85 Å². The van der Waals surface area contributed by atoms with Crippen molar-refractivity contribution < 1.29 is 0 Å². The summed E-state index contributed by atoms with van der Waals surface area (Å²) in [5.41, 5.74) is 0. The van der Waals surface area contributed by atoms with Crippen molar-refractivity contribution in [3.05, 3.63) is 0 Å². The van der Waals surface area contributed by atoms with E-state index < -0.39 is 0 Å². The molecule has 0 aromatic rings. The van der Waals surface area contributed by atoms with Gasteiger partial charge in [0.05, 0.1) is 0 Å². The van der Waals surface area contributed by atoms with Crippen molar-refractivity contribution >= 4 is 6.85 Å². The Kier molecular flexibility index (Phi) is 4.46. The summed E-state index contributed by atoms with van der Waals surface area (Å²) in [6, 6.07) is 1.35. The van der Waals surface area contributed by atoms with E-state index in [4.69, 9.17) is 0 Å². The highest BCUT2D eigenvalue weighted by molar-refractivity contribution is 6.56. The van der Waals surface area contributed by atoms with Gasteiger partial charge in [0.25, 0.3) is 0 Å². The van der Waals surface area contributed by atoms with Crippen LogP contribution in [0.3, 0.4) is 0 Å². The van der Waals surface area contributed by atoms with Crippen molar-refractivity contribution in [3.8, 4) is 0 Å². The molecule has 1 aliphatic heterocycles. The second kappa shape index (κ2) is 5.17. The van der Waals surface area contributed by atoms with E-state index in [0.29, 0.717) is 12.1 Å². The van der Waals surface area contributed by atoms with Crippen molar-refractivity contribution in [2.45, 2.75) is 52.5 Å². The molecule has 14 heavy (non-hydrogen) atoms. The molecule has 1 fully saturated rings. The van der Waals surface area contributed by atoms with E-state index in [1.165, 1.54) is 25.7 Å². The topological polar surface area (TPSA) is 6.48 Å². The minimum atomic E-state index is 0.673. The lowest BCUT2D eigenvalue weighted by Crippen LogP contribution is -2.55. The smallest absolute Gasteiger partial charge is 0.238 e. The lowest BCUT2D eigenvalue weighted by molar-refractivity contribution is 0.272. The lowest BCUT2D eigenvalue weighted by atomic mass is 9.53. The lowest BCUT2D eigenvalue weighted by Gasteiger charge is -2.40. The normalized spacial score (nSPS) is 20.1. The first kappa shape index (κ1) is 12.1. The van der Waals surface area contributed by atoms with Gasteiger partial charge in [0, 0.05) is 0 Å². The summed E-state index contributed by atoms with van der Waals surface area (Å²) in [5, 5.41) is 0. The number of hydrogen-bond acceptors (Lipinski definition) is 2. The Morgan fingerprint density at radius 2 is 1.71 bits per heavy atom. The van der Waals surface area contributed by atoms with E-state index in [9.17, 15) is 0 Å². The Bertz CT molecular complexity index is 163. The van der Waals surface area contributed by atoms with Gasteiger partial charge < -0.3 is 9.71 Å². The summed E-state index contributed by atoms with van der Waals surface area (Å²) in [6.07, 6.45) is 3.98. The van der Waals surface area contributed by atoms with Crippen LogP contribution in [0.2, 0.25) is 6.32 Å². The van der Waals surface area contributed by atoms with Gasteiger partial charge in [-0.3, -0.25) is 0 Å². The molecule has 0 saturated carbocycles. The fourth-order valence-electron chi connectivity index (χ4n) is 2.82. The number of nitrogens with zero attached hydrogens (tertiary/aromatic N) is 2. The van der Waals surface area contributed by atoms with Crippen LogP contribution in [0.4, 0.5) is 0 Å². The Hall–Kier alpha value is -0.0151. The molecule has 0 aromatic heterocycles. The van der Waals surface area contributed by atoms with Gasteiger partial charge in [0.2, 0.25) is 6.85 Å². The van der Waals surface area contributed by atoms with Crippen molar-refractivity contribution in [2.75, 3.05) is 20.0 Å². The van der Waals surface area contributed by atoms with Crippen LogP contribution in [0.5, 0.6) is 0 Å². The third kappa shape index (κ3) is 2.99. The second-order valence-corrected chi connectivity index (χ2v) is 5.19. The Balaban J connectivity index is 2.58. The highest BCUT2D eigenvalue weighted by Crippen LogP contribution is 2.17. The largest absolute Gasteiger partial charge is 0.337 e. The maximum atomic E-state index is 2.66. The van der Waals surface area contributed by atoms with E-state index in [-0.39, 0.29) is 0 Å². The molecule has 0 amide bonds. The van der Waals surface area contributed by atoms with E-state index in [1.54, 1.807) is 0 Å². The minimum Gasteiger partial charge on any atom is -0.337 e. The summed E-state index contributed by atoms with van der Waals surface area (Å²) in [4.78, 5) is 5.13. The highest BCUT2D eigenvalue weighted by atomic mass is 15.2. The predicted octanol–water partition coefficient (Wildman–Crippen LogP) is 1.97. The van der Waals surface area contributed by atoms with Gasteiger partial charge in [-0.05, 0) is 38.5 Å². The number of hydrogen-bond donors (Lipinski definition) is 0. The van der Waals surface area contributed by atoms with Crippen LogP contribution in [0.1, 0.15) is 34.1 Å². The molecule has 0 radical (unpaired) electrons. The van der Waals surface area contributed by atoms with Gasteiger partial charge in [-0.2, -0.15) is 0 Å². The monoisotopic (exact) mass is 196 g/mol. The molecular formula is C11H25BN2. The molecule has 0 atom stereocenters. The molecule has 2 nitrogen and oxygen atoms in total. The number of rotatable bonds is 3. The fraction of sp³-hybridized carbons (Fsp3) is 1.00. The van der Waals surface area contributed by atoms with Crippen LogP contribution in [0, 0.1) is 0 Å². The molecule has 0 unspecified atom stereocenters. The van der Waals surface area contributed by atoms with Crippen LogP contribution >= 0.6 is 0 Å². The average molecular weight is 196 g/mol. The molecule has 0 aliphatic carbocycles. The first-order valence-corrected chi connectivity index (χ1v) is 5.98. The zero-order valence-corrected chi connectivity index (χ0v) is 10.5. The molecule has 1 saturated heterocycles. The van der Waals surface area contributed by atoms with Crippen LogP contribution in [0.15, 0.2) is 0 Å². The molecule has 0 bridgehead atoms. The molecule has 1 aliphatic rings. The summed E-state index contributed by atoms with van der Waals surface area (Å²) in [6.45, 7) is 11.3. The van der Waals surface area contributed by atoms with Crippen LogP contribution in [-0.2, 0) is 0 Å². The fourth-order valence-corrected chi connectivity index (χ4v) is 2.82. The minimum absolute atomic E-state index is 0.673. The average Bonchev–Trinajstić information content (AvgIpc) is 2.02. The molecule has 0 spiro atoms. The van der Waals surface area contributed by atoms with Gasteiger partial charge >= 0.3 is 0 Å². The Morgan fingerprint density at radius 3 is 2.14 bits per heavy atom. The summed E-state index contributed by atoms with van der Waals surface area (Å²) in [7, 11) is 2.24. The first-order valence-electron chi connectivity index (χ1n) is 5.98. The van der Waals surface area contributed by atoms with Crippen LogP contribution in [0.25, 0.3) is 0 Å². The van der Waals surface area contributed by atoms with Gasteiger partial charge in [-0.15, -0.1) is 0 Å². The Morgan fingerprint density at radius 1 is 1.14 bits per heavy atom. The quantitative estimate of drug-likeness (QED) is 0.637. The van der Waals surface area contributed by atoms with Gasteiger partial charge in [0.1, 0.15) is 0 Å².